The second-order valence-corrected chi connectivity index (χ2v) is 7.34. The maximum Gasteiger partial charge on any atom is 0.409 e. The standard InChI is InChI=1S/C18H25Cl2N3O3/c1-3-26-18(25)23-9-7-14(8-10-23)21-16(24)12-22(2)11-13-5-4-6-15(19)17(13)20/h4-6,14H,3,7-12H2,1-2H3,(H,21,24)/p+1. The number of hydrogen-bond donors (Lipinski definition) is 2. The fourth-order valence-electron chi connectivity index (χ4n) is 3.05. The van der Waals surface area contributed by atoms with E-state index in [4.69, 9.17) is 27.9 Å². The summed E-state index contributed by atoms with van der Waals surface area (Å²) in [4.78, 5) is 26.7. The molecule has 6 nitrogen and oxygen atoms in total. The number of likely N-dealkylation sites (N-methyl/N-ethyl adjacent to an activating group) is 1. The van der Waals surface area contributed by atoms with Gasteiger partial charge >= 0.3 is 6.09 Å². The highest BCUT2D eigenvalue weighted by atomic mass is 35.5. The number of carbonyl (C=O) groups excluding carboxylic acids is 2. The third-order valence-electron chi connectivity index (χ3n) is 4.37. The number of nitrogens with zero attached hydrogens (tertiary/aromatic N) is 1. The zero-order valence-corrected chi connectivity index (χ0v) is 16.7. The van der Waals surface area contributed by atoms with Crippen LogP contribution in [0.2, 0.25) is 10.0 Å². The second kappa shape index (κ2) is 10.00. The van der Waals surface area contributed by atoms with Crippen LogP contribution in [0, 0.1) is 0 Å². The first kappa shape index (κ1) is 20.8. The lowest BCUT2D eigenvalue weighted by molar-refractivity contribution is -0.885. The Morgan fingerprint density at radius 3 is 2.65 bits per heavy atom. The number of rotatable bonds is 6. The van der Waals surface area contributed by atoms with Crippen LogP contribution in [0.5, 0.6) is 0 Å². The predicted molar refractivity (Wildman–Crippen MR) is 102 cm³/mol. The molecule has 1 aliphatic rings. The summed E-state index contributed by atoms with van der Waals surface area (Å²) < 4.78 is 5.00. The molecule has 0 aromatic heterocycles. The van der Waals surface area contributed by atoms with E-state index in [-0.39, 0.29) is 18.0 Å². The van der Waals surface area contributed by atoms with Crippen LogP contribution in [0.3, 0.4) is 0 Å². The normalized spacial score (nSPS) is 16.2. The van der Waals surface area contributed by atoms with Crippen LogP contribution in [-0.2, 0) is 16.1 Å². The maximum absolute atomic E-state index is 12.3. The van der Waals surface area contributed by atoms with Crippen LogP contribution >= 0.6 is 23.2 Å². The molecule has 1 aromatic rings. The predicted octanol–water partition coefficient (Wildman–Crippen LogP) is 1.75. The van der Waals surface area contributed by atoms with Gasteiger partial charge in [-0.15, -0.1) is 0 Å². The van der Waals surface area contributed by atoms with Gasteiger partial charge in [-0.25, -0.2) is 4.79 Å². The van der Waals surface area contributed by atoms with Crippen molar-refractivity contribution >= 4 is 35.2 Å². The highest BCUT2D eigenvalue weighted by Crippen LogP contribution is 2.24. The van der Waals surface area contributed by atoms with E-state index < -0.39 is 0 Å². The van der Waals surface area contributed by atoms with Crippen LogP contribution in [-0.4, -0.2) is 56.2 Å². The summed E-state index contributed by atoms with van der Waals surface area (Å²) in [5.41, 5.74) is 0.923. The summed E-state index contributed by atoms with van der Waals surface area (Å²) >= 11 is 12.2. The molecule has 144 valence electrons. The van der Waals surface area contributed by atoms with Crippen LogP contribution < -0.4 is 10.2 Å². The molecule has 0 radical (unpaired) electrons. The molecule has 1 aliphatic heterocycles. The number of benzene rings is 1. The van der Waals surface area contributed by atoms with Gasteiger partial charge in [0, 0.05) is 24.7 Å². The zero-order valence-electron chi connectivity index (χ0n) is 15.2. The minimum absolute atomic E-state index is 0.00441. The van der Waals surface area contributed by atoms with Crippen molar-refractivity contribution in [2.24, 2.45) is 0 Å². The molecule has 2 N–H and O–H groups in total. The average Bonchev–Trinajstić information content (AvgIpc) is 2.59. The van der Waals surface area contributed by atoms with Gasteiger partial charge in [0.15, 0.2) is 6.54 Å². The van der Waals surface area contributed by atoms with E-state index in [1.54, 1.807) is 17.9 Å². The molecule has 1 saturated heterocycles. The first-order valence-electron chi connectivity index (χ1n) is 8.86. The van der Waals surface area contributed by atoms with Gasteiger partial charge in [0.05, 0.1) is 23.7 Å². The molecule has 8 heteroatoms. The quantitative estimate of drug-likeness (QED) is 0.761. The third-order valence-corrected chi connectivity index (χ3v) is 5.23. The van der Waals surface area contributed by atoms with Crippen LogP contribution in [0.25, 0.3) is 0 Å². The van der Waals surface area contributed by atoms with E-state index in [0.717, 1.165) is 23.3 Å². The highest BCUT2D eigenvalue weighted by Gasteiger charge is 2.25. The largest absolute Gasteiger partial charge is 0.450 e. The fourth-order valence-corrected chi connectivity index (χ4v) is 3.43. The molecule has 1 atom stereocenters. The average molecular weight is 403 g/mol. The number of hydrogen-bond acceptors (Lipinski definition) is 3. The number of quaternary nitrogens is 1. The van der Waals surface area contributed by atoms with Crippen molar-refractivity contribution in [1.82, 2.24) is 10.2 Å². The van der Waals surface area contributed by atoms with Gasteiger partial charge in [0.1, 0.15) is 6.54 Å². The Balaban J connectivity index is 1.75. The molecule has 1 unspecified atom stereocenters. The Hall–Kier alpha value is -1.50. The minimum Gasteiger partial charge on any atom is -0.450 e. The molecule has 1 aromatic carbocycles. The summed E-state index contributed by atoms with van der Waals surface area (Å²) in [6, 6.07) is 5.61. The van der Waals surface area contributed by atoms with Gasteiger partial charge in [0.25, 0.3) is 5.91 Å². The Labute approximate surface area is 164 Å². The minimum atomic E-state index is -0.278. The summed E-state index contributed by atoms with van der Waals surface area (Å²) in [6.07, 6.45) is 1.20. The molecule has 0 saturated carbocycles. The summed E-state index contributed by atoms with van der Waals surface area (Å²) in [7, 11) is 1.94. The van der Waals surface area contributed by atoms with Gasteiger partial charge in [-0.3, -0.25) is 4.79 Å². The van der Waals surface area contributed by atoms with Gasteiger partial charge in [-0.05, 0) is 25.8 Å². The van der Waals surface area contributed by atoms with Gasteiger partial charge in [0.2, 0.25) is 0 Å². The van der Waals surface area contributed by atoms with Gasteiger partial charge in [-0.2, -0.15) is 0 Å². The van der Waals surface area contributed by atoms with E-state index in [9.17, 15) is 9.59 Å². The summed E-state index contributed by atoms with van der Waals surface area (Å²) in [5.74, 6) is -0.00441. The molecule has 26 heavy (non-hydrogen) atoms. The monoisotopic (exact) mass is 402 g/mol. The molecule has 0 aliphatic carbocycles. The number of halogens is 2. The van der Waals surface area contributed by atoms with Crippen molar-refractivity contribution in [2.75, 3.05) is 33.3 Å². The Kier molecular flexibility index (Phi) is 8.00. The van der Waals surface area contributed by atoms with Crippen LogP contribution in [0.4, 0.5) is 4.79 Å². The third kappa shape index (κ3) is 6.04. The van der Waals surface area contributed by atoms with Crippen molar-refractivity contribution in [2.45, 2.75) is 32.4 Å². The summed E-state index contributed by atoms with van der Waals surface area (Å²) in [6.45, 7) is 4.34. The highest BCUT2D eigenvalue weighted by molar-refractivity contribution is 6.42. The number of ether oxygens (including phenoxy) is 1. The van der Waals surface area contributed by atoms with E-state index in [0.29, 0.717) is 42.8 Å². The van der Waals surface area contributed by atoms with Crippen LogP contribution in [0.15, 0.2) is 18.2 Å². The SMILES string of the molecule is CCOC(=O)N1CCC(NC(=O)C[NH+](C)Cc2cccc(Cl)c2Cl)CC1. The first-order valence-corrected chi connectivity index (χ1v) is 9.61. The second-order valence-electron chi connectivity index (χ2n) is 6.55. The lowest BCUT2D eigenvalue weighted by Crippen LogP contribution is -3.09. The smallest absolute Gasteiger partial charge is 0.409 e. The maximum atomic E-state index is 12.3. The number of piperidine rings is 1. The number of nitrogens with one attached hydrogen (secondary N) is 2. The van der Waals surface area contributed by atoms with Gasteiger partial charge in [-0.1, -0.05) is 35.3 Å². The fraction of sp³-hybridized carbons (Fsp3) is 0.556. The lowest BCUT2D eigenvalue weighted by atomic mass is 10.1. The van der Waals surface area contributed by atoms with Crippen molar-refractivity contribution in [3.05, 3.63) is 33.8 Å². The Morgan fingerprint density at radius 1 is 1.31 bits per heavy atom. The van der Waals surface area contributed by atoms with Crippen molar-refractivity contribution in [3.63, 3.8) is 0 Å². The topological polar surface area (TPSA) is 63.1 Å². The molecule has 2 rings (SSSR count). The zero-order chi connectivity index (χ0) is 19.1. The molecule has 2 amide bonds. The Morgan fingerprint density at radius 2 is 2.00 bits per heavy atom. The number of likely N-dealkylation sites (tertiary alicyclic amines) is 1. The van der Waals surface area contributed by atoms with E-state index in [2.05, 4.69) is 5.32 Å². The molecule has 0 spiro atoms. The summed E-state index contributed by atoms with van der Waals surface area (Å²) in [5, 5.41) is 4.12. The van der Waals surface area contributed by atoms with E-state index in [1.165, 1.54) is 0 Å². The molecular weight excluding hydrogens is 377 g/mol. The van der Waals surface area contributed by atoms with Crippen molar-refractivity contribution in [1.29, 1.82) is 0 Å². The lowest BCUT2D eigenvalue weighted by Gasteiger charge is -2.31. The van der Waals surface area contributed by atoms with Crippen LogP contribution in [0.1, 0.15) is 25.3 Å². The van der Waals surface area contributed by atoms with Crippen molar-refractivity contribution < 1.29 is 19.2 Å². The van der Waals surface area contributed by atoms with Crippen molar-refractivity contribution in [3.8, 4) is 0 Å². The molecule has 0 bridgehead atoms. The number of carbonyl (C=O) groups is 2. The van der Waals surface area contributed by atoms with E-state index in [1.807, 2.05) is 19.2 Å². The first-order chi connectivity index (χ1) is 12.4. The van der Waals surface area contributed by atoms with E-state index >= 15 is 0 Å². The molecular formula is C18H26Cl2N3O3+. The Bertz CT molecular complexity index is 634. The molecule has 1 fully saturated rings. The number of amides is 2. The van der Waals surface area contributed by atoms with Gasteiger partial charge < -0.3 is 19.9 Å². The molecule has 1 heterocycles.